The largest absolute Gasteiger partial charge is 0.488 e. The van der Waals surface area contributed by atoms with Crippen molar-refractivity contribution in [3.63, 3.8) is 0 Å². The summed E-state index contributed by atoms with van der Waals surface area (Å²) in [5.74, 6) is -0.668. The number of amides is 1. The predicted molar refractivity (Wildman–Crippen MR) is 57.8 cm³/mol. The van der Waals surface area contributed by atoms with E-state index in [-0.39, 0.29) is 17.5 Å². The van der Waals surface area contributed by atoms with Gasteiger partial charge in [-0.25, -0.2) is 18.5 Å². The van der Waals surface area contributed by atoms with Gasteiger partial charge >= 0.3 is 0 Å². The minimum absolute atomic E-state index is 0.0511. The van der Waals surface area contributed by atoms with Crippen molar-refractivity contribution in [1.82, 2.24) is 4.98 Å². The Kier molecular flexibility index (Phi) is 2.76. The Morgan fingerprint density at radius 1 is 1.41 bits per heavy atom. The second kappa shape index (κ2) is 3.97. The molecule has 2 rings (SSSR count). The van der Waals surface area contributed by atoms with Crippen LogP contribution in [-0.4, -0.2) is 25.4 Å². The van der Waals surface area contributed by atoms with Crippen molar-refractivity contribution >= 4 is 15.9 Å². The number of primary sulfonamides is 1. The molecule has 17 heavy (non-hydrogen) atoms. The lowest BCUT2D eigenvalue weighted by Crippen LogP contribution is -2.20. The van der Waals surface area contributed by atoms with Crippen molar-refractivity contribution in [2.24, 2.45) is 10.9 Å². The fourth-order valence-electron chi connectivity index (χ4n) is 1.22. The SMILES string of the molecule is NC(=O)c1nc(S(N)(=O)=O)ccc1OC1CC1. The molecule has 92 valence electrons. The number of hydrogen-bond acceptors (Lipinski definition) is 5. The van der Waals surface area contributed by atoms with Gasteiger partial charge in [0.1, 0.15) is 0 Å². The van der Waals surface area contributed by atoms with Crippen LogP contribution in [0.4, 0.5) is 0 Å². The van der Waals surface area contributed by atoms with E-state index >= 15 is 0 Å². The maximum atomic E-state index is 11.1. The Morgan fingerprint density at radius 3 is 2.53 bits per heavy atom. The van der Waals surface area contributed by atoms with Gasteiger partial charge in [0, 0.05) is 0 Å². The molecule has 1 aromatic heterocycles. The molecule has 0 radical (unpaired) electrons. The first kappa shape index (κ1) is 11.8. The normalized spacial score (nSPS) is 15.6. The van der Waals surface area contributed by atoms with Crippen molar-refractivity contribution in [1.29, 1.82) is 0 Å². The first-order chi connectivity index (χ1) is 7.88. The van der Waals surface area contributed by atoms with Crippen LogP contribution in [0.3, 0.4) is 0 Å². The van der Waals surface area contributed by atoms with E-state index in [9.17, 15) is 13.2 Å². The molecule has 1 aliphatic carbocycles. The molecular formula is C9H11N3O4S. The minimum Gasteiger partial charge on any atom is -0.488 e. The quantitative estimate of drug-likeness (QED) is 0.742. The molecule has 8 heteroatoms. The van der Waals surface area contributed by atoms with Crippen molar-refractivity contribution in [2.45, 2.75) is 24.0 Å². The molecule has 1 aliphatic rings. The number of carbonyl (C=O) groups excluding carboxylic acids is 1. The number of nitrogens with zero attached hydrogens (tertiary/aromatic N) is 1. The highest BCUT2D eigenvalue weighted by molar-refractivity contribution is 7.89. The number of primary amides is 1. The molecule has 0 unspecified atom stereocenters. The van der Waals surface area contributed by atoms with Gasteiger partial charge in [0.15, 0.2) is 16.5 Å². The summed E-state index contributed by atoms with van der Waals surface area (Å²) < 4.78 is 27.5. The van der Waals surface area contributed by atoms with Gasteiger partial charge in [-0.15, -0.1) is 0 Å². The highest BCUT2D eigenvalue weighted by Gasteiger charge is 2.26. The first-order valence-corrected chi connectivity index (χ1v) is 6.43. The Bertz CT molecular complexity index is 566. The zero-order valence-electron chi connectivity index (χ0n) is 8.79. The van der Waals surface area contributed by atoms with Crippen LogP contribution in [0.25, 0.3) is 0 Å². The number of ether oxygens (including phenoxy) is 1. The number of aromatic nitrogens is 1. The monoisotopic (exact) mass is 257 g/mol. The summed E-state index contributed by atoms with van der Waals surface area (Å²) in [7, 11) is -3.96. The van der Waals surface area contributed by atoms with E-state index in [1.807, 2.05) is 0 Å². The molecule has 0 aliphatic heterocycles. The zero-order chi connectivity index (χ0) is 12.6. The summed E-state index contributed by atoms with van der Waals surface area (Å²) in [4.78, 5) is 14.8. The van der Waals surface area contributed by atoms with Crippen molar-refractivity contribution < 1.29 is 17.9 Å². The Labute approximate surface area is 97.8 Å². The molecule has 1 fully saturated rings. The summed E-state index contributed by atoms with van der Waals surface area (Å²) in [6.45, 7) is 0. The highest BCUT2D eigenvalue weighted by atomic mass is 32.2. The van der Waals surface area contributed by atoms with E-state index in [4.69, 9.17) is 15.6 Å². The van der Waals surface area contributed by atoms with E-state index in [0.717, 1.165) is 12.8 Å². The number of carbonyl (C=O) groups is 1. The summed E-state index contributed by atoms with van der Waals surface area (Å²) in [5, 5.41) is 4.50. The molecule has 1 saturated carbocycles. The highest BCUT2D eigenvalue weighted by Crippen LogP contribution is 2.28. The maximum absolute atomic E-state index is 11.1. The van der Waals surface area contributed by atoms with E-state index in [1.165, 1.54) is 12.1 Å². The Hall–Kier alpha value is -1.67. The van der Waals surface area contributed by atoms with E-state index < -0.39 is 21.0 Å². The van der Waals surface area contributed by atoms with Crippen LogP contribution in [0, 0.1) is 0 Å². The maximum Gasteiger partial charge on any atom is 0.271 e. The fraction of sp³-hybridized carbons (Fsp3) is 0.333. The van der Waals surface area contributed by atoms with Crippen molar-refractivity contribution in [3.8, 4) is 5.75 Å². The lowest BCUT2D eigenvalue weighted by Gasteiger charge is -2.08. The predicted octanol–water partition coefficient (Wildman–Crippen LogP) is -0.631. The first-order valence-electron chi connectivity index (χ1n) is 4.88. The van der Waals surface area contributed by atoms with Crippen molar-refractivity contribution in [2.75, 3.05) is 0 Å². The average molecular weight is 257 g/mol. The van der Waals surface area contributed by atoms with E-state index in [2.05, 4.69) is 4.98 Å². The average Bonchev–Trinajstić information content (AvgIpc) is 3.00. The molecule has 0 saturated heterocycles. The second-order valence-electron chi connectivity index (χ2n) is 3.72. The van der Waals surface area contributed by atoms with Gasteiger partial charge in [-0.05, 0) is 25.0 Å². The van der Waals surface area contributed by atoms with Gasteiger partial charge in [0.2, 0.25) is 0 Å². The van der Waals surface area contributed by atoms with Gasteiger partial charge in [-0.3, -0.25) is 4.79 Å². The summed E-state index contributed by atoms with van der Waals surface area (Å²) in [6.07, 6.45) is 1.85. The molecule has 0 aromatic carbocycles. The van der Waals surface area contributed by atoms with Gasteiger partial charge in [0.05, 0.1) is 6.10 Å². The van der Waals surface area contributed by atoms with E-state index in [0.29, 0.717) is 0 Å². The van der Waals surface area contributed by atoms with Crippen molar-refractivity contribution in [3.05, 3.63) is 17.8 Å². The van der Waals surface area contributed by atoms with Gasteiger partial charge in [0.25, 0.3) is 15.9 Å². The Morgan fingerprint density at radius 2 is 2.06 bits per heavy atom. The Balaban J connectivity index is 2.43. The summed E-state index contributed by atoms with van der Waals surface area (Å²) >= 11 is 0. The standard InChI is InChI=1S/C9H11N3O4S/c10-9(13)8-6(16-5-1-2-5)3-4-7(12-8)17(11,14)15/h3-5H,1-2H2,(H2,10,13)(H2,11,14,15). The third-order valence-electron chi connectivity index (χ3n) is 2.18. The van der Waals surface area contributed by atoms with Gasteiger partial charge in [-0.2, -0.15) is 0 Å². The molecule has 1 amide bonds. The third kappa shape index (κ3) is 2.71. The van der Waals surface area contributed by atoms with Crippen LogP contribution in [0.15, 0.2) is 17.2 Å². The number of nitrogens with two attached hydrogens (primary N) is 2. The van der Waals surface area contributed by atoms with E-state index in [1.54, 1.807) is 0 Å². The van der Waals surface area contributed by atoms with Crippen LogP contribution < -0.4 is 15.6 Å². The molecule has 1 aromatic rings. The van der Waals surface area contributed by atoms with Crippen LogP contribution in [0.5, 0.6) is 5.75 Å². The number of sulfonamides is 1. The van der Waals surface area contributed by atoms with Crippen LogP contribution in [0.1, 0.15) is 23.3 Å². The molecule has 4 N–H and O–H groups in total. The lowest BCUT2D eigenvalue weighted by molar-refractivity contribution is 0.0990. The molecule has 0 spiro atoms. The van der Waals surface area contributed by atoms with Crippen LogP contribution in [0.2, 0.25) is 0 Å². The smallest absolute Gasteiger partial charge is 0.271 e. The minimum atomic E-state index is -3.96. The summed E-state index contributed by atoms with van der Waals surface area (Å²) in [6, 6.07) is 2.52. The lowest BCUT2D eigenvalue weighted by atomic mass is 10.3. The molecule has 7 nitrogen and oxygen atoms in total. The zero-order valence-corrected chi connectivity index (χ0v) is 9.61. The van der Waals surface area contributed by atoms with Gasteiger partial charge in [-0.1, -0.05) is 0 Å². The van der Waals surface area contributed by atoms with Gasteiger partial charge < -0.3 is 10.5 Å². The number of pyridine rings is 1. The van der Waals surface area contributed by atoms with Crippen LogP contribution in [-0.2, 0) is 10.0 Å². The van der Waals surface area contributed by atoms with Crippen LogP contribution >= 0.6 is 0 Å². The molecule has 0 bridgehead atoms. The number of hydrogen-bond donors (Lipinski definition) is 2. The molecule has 0 atom stereocenters. The third-order valence-corrected chi connectivity index (χ3v) is 2.99. The summed E-state index contributed by atoms with van der Waals surface area (Å²) in [5.41, 5.74) is 4.89. The fourth-order valence-corrected chi connectivity index (χ4v) is 1.70. The molecular weight excluding hydrogens is 246 g/mol. The topological polar surface area (TPSA) is 125 Å². The second-order valence-corrected chi connectivity index (χ2v) is 5.23. The molecule has 1 heterocycles. The number of rotatable bonds is 4.